The zero-order valence-corrected chi connectivity index (χ0v) is 17.0. The van der Waals surface area contributed by atoms with E-state index in [2.05, 4.69) is 48.4 Å². The van der Waals surface area contributed by atoms with Crippen LogP contribution in [0, 0.1) is 6.92 Å². The number of hydrogen-bond donors (Lipinski definition) is 1. The molecule has 1 aromatic heterocycles. The van der Waals surface area contributed by atoms with Gasteiger partial charge in [-0.15, -0.1) is 10.2 Å². The second-order valence-corrected chi connectivity index (χ2v) is 8.49. The van der Waals surface area contributed by atoms with E-state index in [9.17, 15) is 4.79 Å². The Balaban J connectivity index is 2.01. The van der Waals surface area contributed by atoms with Gasteiger partial charge in [-0.25, -0.2) is 0 Å². The highest BCUT2D eigenvalue weighted by atomic mass is 32.2. The minimum absolute atomic E-state index is 0.223. The smallest absolute Gasteiger partial charge is 0.266 e. The highest BCUT2D eigenvalue weighted by molar-refractivity contribution is 8.01. The molecule has 0 saturated heterocycles. The summed E-state index contributed by atoms with van der Waals surface area (Å²) in [7, 11) is 0. The number of nitrogens with one attached hydrogen (secondary N) is 1. The van der Waals surface area contributed by atoms with Gasteiger partial charge in [0.25, 0.3) is 5.91 Å². The molecule has 1 N–H and O–H groups in total. The van der Waals surface area contributed by atoms with Crippen LogP contribution in [0.25, 0.3) is 0 Å². The van der Waals surface area contributed by atoms with Gasteiger partial charge in [0, 0.05) is 5.75 Å². The van der Waals surface area contributed by atoms with E-state index < -0.39 is 6.10 Å². The van der Waals surface area contributed by atoms with Gasteiger partial charge in [-0.2, -0.15) is 0 Å². The Labute approximate surface area is 157 Å². The predicted octanol–water partition coefficient (Wildman–Crippen LogP) is 4.88. The molecule has 0 spiro atoms. The fraction of sp³-hybridized carbons (Fsp3) is 0.500. The maximum absolute atomic E-state index is 12.4. The third kappa shape index (κ3) is 5.71. The van der Waals surface area contributed by atoms with E-state index >= 15 is 0 Å². The normalized spacial score (nSPS) is 12.2. The van der Waals surface area contributed by atoms with Crippen molar-refractivity contribution in [2.75, 3.05) is 11.1 Å². The fourth-order valence-electron chi connectivity index (χ4n) is 2.18. The molecule has 0 unspecified atom stereocenters. The number of thioether (sulfide) groups is 1. The lowest BCUT2D eigenvalue weighted by atomic mass is 10.0. The van der Waals surface area contributed by atoms with Crippen molar-refractivity contribution < 1.29 is 9.53 Å². The zero-order valence-electron chi connectivity index (χ0n) is 15.3. The van der Waals surface area contributed by atoms with E-state index in [-0.39, 0.29) is 5.91 Å². The van der Waals surface area contributed by atoms with Crippen molar-refractivity contribution in [3.63, 3.8) is 0 Å². The van der Waals surface area contributed by atoms with Gasteiger partial charge in [0.05, 0.1) is 0 Å². The van der Waals surface area contributed by atoms with Crippen molar-refractivity contribution in [3.05, 3.63) is 29.3 Å². The van der Waals surface area contributed by atoms with Crippen molar-refractivity contribution in [3.8, 4) is 5.75 Å². The van der Waals surface area contributed by atoms with Gasteiger partial charge >= 0.3 is 0 Å². The summed E-state index contributed by atoms with van der Waals surface area (Å²) in [6.07, 6.45) is 0.459. The summed E-state index contributed by atoms with van der Waals surface area (Å²) in [6.45, 7) is 10.1. The SMILES string of the molecule is CCCSc1nnc(NC(=O)[C@@H](C)Oc2cc(C)ccc2C(C)C)s1. The predicted molar refractivity (Wildman–Crippen MR) is 105 cm³/mol. The first-order valence-electron chi connectivity index (χ1n) is 8.45. The number of rotatable bonds is 8. The van der Waals surface area contributed by atoms with Crippen molar-refractivity contribution in [2.24, 2.45) is 0 Å². The summed E-state index contributed by atoms with van der Waals surface area (Å²) in [5.41, 5.74) is 2.20. The number of aromatic nitrogens is 2. The monoisotopic (exact) mass is 379 g/mol. The lowest BCUT2D eigenvalue weighted by molar-refractivity contribution is -0.122. The molecule has 0 aliphatic heterocycles. The molecule has 0 saturated carbocycles. The molecule has 1 atom stereocenters. The third-order valence-corrected chi connectivity index (χ3v) is 5.71. The molecule has 1 amide bonds. The van der Waals surface area contributed by atoms with Crippen LogP contribution < -0.4 is 10.1 Å². The molecule has 0 bridgehead atoms. The van der Waals surface area contributed by atoms with Crippen LogP contribution in [0.15, 0.2) is 22.5 Å². The molecule has 0 radical (unpaired) electrons. The van der Waals surface area contributed by atoms with Crippen molar-refractivity contribution in [1.82, 2.24) is 10.2 Å². The molecule has 1 aromatic carbocycles. The molecule has 7 heteroatoms. The summed E-state index contributed by atoms with van der Waals surface area (Å²) in [5, 5.41) is 11.4. The van der Waals surface area contributed by atoms with Crippen LogP contribution >= 0.6 is 23.1 Å². The van der Waals surface area contributed by atoms with Crippen molar-refractivity contribution in [2.45, 2.75) is 57.4 Å². The average Bonchev–Trinajstić information content (AvgIpc) is 3.00. The van der Waals surface area contributed by atoms with Gasteiger partial charge < -0.3 is 4.74 Å². The minimum Gasteiger partial charge on any atom is -0.481 e. The second kappa shape index (κ2) is 9.20. The number of amides is 1. The van der Waals surface area contributed by atoms with Gasteiger partial charge in [-0.1, -0.05) is 56.0 Å². The van der Waals surface area contributed by atoms with Gasteiger partial charge in [0.1, 0.15) is 5.75 Å². The Bertz CT molecular complexity index is 716. The lowest BCUT2D eigenvalue weighted by Crippen LogP contribution is -2.30. The van der Waals surface area contributed by atoms with Gasteiger partial charge in [0.15, 0.2) is 10.4 Å². The van der Waals surface area contributed by atoms with Crippen LogP contribution in [0.1, 0.15) is 51.2 Å². The number of carbonyl (C=O) groups is 1. The van der Waals surface area contributed by atoms with Crippen LogP contribution in [0.5, 0.6) is 5.75 Å². The molecule has 25 heavy (non-hydrogen) atoms. The summed E-state index contributed by atoms with van der Waals surface area (Å²) in [5.74, 6) is 1.86. The van der Waals surface area contributed by atoms with E-state index in [1.807, 2.05) is 13.0 Å². The van der Waals surface area contributed by atoms with Crippen LogP contribution in [-0.2, 0) is 4.79 Å². The molecule has 0 fully saturated rings. The van der Waals surface area contributed by atoms with Gasteiger partial charge in [-0.3, -0.25) is 10.1 Å². The first kappa shape index (κ1) is 19.7. The van der Waals surface area contributed by atoms with Crippen LogP contribution in [0.2, 0.25) is 0 Å². The number of benzene rings is 1. The van der Waals surface area contributed by atoms with E-state index in [1.165, 1.54) is 11.3 Å². The number of ether oxygens (including phenoxy) is 1. The highest BCUT2D eigenvalue weighted by Gasteiger charge is 2.19. The zero-order chi connectivity index (χ0) is 18.4. The van der Waals surface area contributed by atoms with E-state index in [4.69, 9.17) is 4.74 Å². The van der Waals surface area contributed by atoms with E-state index in [0.29, 0.717) is 11.0 Å². The molecule has 0 aliphatic carbocycles. The number of carbonyl (C=O) groups excluding carboxylic acids is 1. The first-order chi connectivity index (χ1) is 11.9. The maximum Gasteiger partial charge on any atom is 0.266 e. The van der Waals surface area contributed by atoms with Crippen LogP contribution in [0.3, 0.4) is 0 Å². The van der Waals surface area contributed by atoms with E-state index in [1.54, 1.807) is 18.7 Å². The fourth-order valence-corrected chi connectivity index (χ4v) is 3.86. The van der Waals surface area contributed by atoms with Crippen LogP contribution in [0.4, 0.5) is 5.13 Å². The van der Waals surface area contributed by atoms with Gasteiger partial charge in [0.2, 0.25) is 5.13 Å². The summed E-state index contributed by atoms with van der Waals surface area (Å²) < 4.78 is 6.80. The van der Waals surface area contributed by atoms with E-state index in [0.717, 1.165) is 33.4 Å². The first-order valence-corrected chi connectivity index (χ1v) is 10.2. The molecule has 2 aromatic rings. The molecule has 1 heterocycles. The largest absolute Gasteiger partial charge is 0.481 e. The van der Waals surface area contributed by atoms with Crippen molar-refractivity contribution in [1.29, 1.82) is 0 Å². The lowest BCUT2D eigenvalue weighted by Gasteiger charge is -2.18. The topological polar surface area (TPSA) is 64.1 Å². The Kier molecular flexibility index (Phi) is 7.25. The quantitative estimate of drug-likeness (QED) is 0.523. The Morgan fingerprint density at radius 2 is 2.08 bits per heavy atom. The third-order valence-electron chi connectivity index (χ3n) is 3.53. The Hall–Kier alpha value is -1.60. The molecular formula is C18H25N3O2S2. The summed E-state index contributed by atoms with van der Waals surface area (Å²) in [4.78, 5) is 12.4. The molecule has 0 aliphatic rings. The number of aryl methyl sites for hydroxylation is 1. The number of hydrogen-bond acceptors (Lipinski definition) is 6. The standard InChI is InChI=1S/C18H25N3O2S2/c1-6-9-24-18-21-20-17(25-18)19-16(22)13(5)23-15-10-12(4)7-8-14(15)11(2)3/h7-8,10-11,13H,6,9H2,1-5H3,(H,19,20,22)/t13-/m1/s1. The Morgan fingerprint density at radius 1 is 1.32 bits per heavy atom. The highest BCUT2D eigenvalue weighted by Crippen LogP contribution is 2.29. The van der Waals surface area contributed by atoms with Crippen LogP contribution in [-0.4, -0.2) is 28.0 Å². The van der Waals surface area contributed by atoms with Gasteiger partial charge in [-0.05, 0) is 43.4 Å². The molecule has 136 valence electrons. The minimum atomic E-state index is -0.616. The molecule has 5 nitrogen and oxygen atoms in total. The molecule has 2 rings (SSSR count). The Morgan fingerprint density at radius 3 is 2.76 bits per heavy atom. The average molecular weight is 380 g/mol. The van der Waals surface area contributed by atoms with Crippen molar-refractivity contribution >= 4 is 34.1 Å². The number of anilines is 1. The summed E-state index contributed by atoms with van der Waals surface area (Å²) in [6, 6.07) is 6.09. The number of nitrogens with zero attached hydrogens (tertiary/aromatic N) is 2. The summed E-state index contributed by atoms with van der Waals surface area (Å²) >= 11 is 3.04. The second-order valence-electron chi connectivity index (χ2n) is 6.17. The molecular weight excluding hydrogens is 354 g/mol. The maximum atomic E-state index is 12.4.